The molecular formula is C22H17ClN2O3S. The molecule has 0 atom stereocenters. The smallest absolute Gasteiger partial charge is 0.257 e. The summed E-state index contributed by atoms with van der Waals surface area (Å²) < 4.78 is 6.00. The minimum atomic E-state index is -0.265. The van der Waals surface area contributed by atoms with Crippen LogP contribution in [0.1, 0.15) is 27.2 Å². The van der Waals surface area contributed by atoms with Crippen molar-refractivity contribution in [3.63, 3.8) is 0 Å². The molecule has 0 saturated carbocycles. The Bertz CT molecular complexity index is 1280. The SMILES string of the molecule is Cc1cc(C)c2oc(-c3ccc(C(=O)Nc4nc(CCl)cs4)cc3)cc(=O)c2c1. The van der Waals surface area contributed by atoms with E-state index in [-0.39, 0.29) is 11.3 Å². The lowest BCUT2D eigenvalue weighted by atomic mass is 10.1. The van der Waals surface area contributed by atoms with Gasteiger partial charge in [0, 0.05) is 22.6 Å². The maximum absolute atomic E-state index is 12.5. The highest BCUT2D eigenvalue weighted by atomic mass is 35.5. The summed E-state index contributed by atoms with van der Waals surface area (Å²) in [6.07, 6.45) is 0. The zero-order valence-electron chi connectivity index (χ0n) is 15.8. The monoisotopic (exact) mass is 424 g/mol. The van der Waals surface area contributed by atoms with Gasteiger partial charge in [-0.05, 0) is 43.2 Å². The molecule has 0 fully saturated rings. The summed E-state index contributed by atoms with van der Waals surface area (Å²) in [5, 5.41) is 5.63. The van der Waals surface area contributed by atoms with Crippen LogP contribution in [0.25, 0.3) is 22.3 Å². The summed E-state index contributed by atoms with van der Waals surface area (Å²) in [6.45, 7) is 3.87. The van der Waals surface area contributed by atoms with E-state index < -0.39 is 0 Å². The van der Waals surface area contributed by atoms with Crippen LogP contribution in [0.4, 0.5) is 5.13 Å². The van der Waals surface area contributed by atoms with Gasteiger partial charge in [-0.3, -0.25) is 14.9 Å². The van der Waals surface area contributed by atoms with E-state index in [2.05, 4.69) is 10.3 Å². The molecule has 146 valence electrons. The Morgan fingerprint density at radius 2 is 1.93 bits per heavy atom. The molecule has 0 saturated heterocycles. The van der Waals surface area contributed by atoms with Crippen molar-refractivity contribution >= 4 is 44.9 Å². The molecule has 0 unspecified atom stereocenters. The zero-order chi connectivity index (χ0) is 20.5. The predicted molar refractivity (Wildman–Crippen MR) is 117 cm³/mol. The lowest BCUT2D eigenvalue weighted by Crippen LogP contribution is -2.11. The number of nitrogens with one attached hydrogen (secondary N) is 1. The number of alkyl halides is 1. The van der Waals surface area contributed by atoms with Gasteiger partial charge >= 0.3 is 0 Å². The number of thiazole rings is 1. The van der Waals surface area contributed by atoms with E-state index in [1.165, 1.54) is 17.4 Å². The molecule has 2 heterocycles. The number of hydrogen-bond acceptors (Lipinski definition) is 5. The summed E-state index contributed by atoms with van der Waals surface area (Å²) in [5.41, 5.74) is 4.34. The standard InChI is InChI=1S/C22H17ClN2O3S/c1-12-7-13(2)20-17(8-12)18(26)9-19(28-20)14-3-5-15(6-4-14)21(27)25-22-24-16(10-23)11-29-22/h3-9,11H,10H2,1-2H3,(H,24,25,27). The van der Waals surface area contributed by atoms with E-state index in [4.69, 9.17) is 16.0 Å². The maximum atomic E-state index is 12.5. The van der Waals surface area contributed by atoms with Gasteiger partial charge < -0.3 is 4.42 Å². The number of hydrogen-bond donors (Lipinski definition) is 1. The minimum absolute atomic E-state index is 0.0891. The Labute approximate surface area is 176 Å². The molecular weight excluding hydrogens is 408 g/mol. The average molecular weight is 425 g/mol. The Hall–Kier alpha value is -2.96. The third-order valence-corrected chi connectivity index (χ3v) is 5.58. The van der Waals surface area contributed by atoms with Gasteiger partial charge in [-0.2, -0.15) is 0 Å². The Morgan fingerprint density at radius 3 is 2.62 bits per heavy atom. The van der Waals surface area contributed by atoms with E-state index >= 15 is 0 Å². The first-order valence-electron chi connectivity index (χ1n) is 8.92. The largest absolute Gasteiger partial charge is 0.456 e. The number of carbonyl (C=O) groups excluding carboxylic acids is 1. The van der Waals surface area contributed by atoms with Crippen LogP contribution in [-0.2, 0) is 5.88 Å². The minimum Gasteiger partial charge on any atom is -0.456 e. The van der Waals surface area contributed by atoms with E-state index in [1.807, 2.05) is 26.0 Å². The number of fused-ring (bicyclic) bond motifs is 1. The summed E-state index contributed by atoms with van der Waals surface area (Å²) in [4.78, 5) is 29.2. The van der Waals surface area contributed by atoms with Crippen molar-refractivity contribution in [3.05, 3.63) is 80.5 Å². The van der Waals surface area contributed by atoms with Crippen LogP contribution in [0.2, 0.25) is 0 Å². The number of aromatic nitrogens is 1. The fourth-order valence-electron chi connectivity index (χ4n) is 3.13. The highest BCUT2D eigenvalue weighted by Gasteiger charge is 2.12. The molecule has 5 nitrogen and oxygen atoms in total. The molecule has 29 heavy (non-hydrogen) atoms. The summed E-state index contributed by atoms with van der Waals surface area (Å²) in [6, 6.07) is 12.2. The molecule has 1 N–H and O–H groups in total. The topological polar surface area (TPSA) is 72.2 Å². The zero-order valence-corrected chi connectivity index (χ0v) is 17.4. The van der Waals surface area contributed by atoms with Crippen molar-refractivity contribution in [2.75, 3.05) is 5.32 Å². The average Bonchev–Trinajstić information content (AvgIpc) is 3.16. The third-order valence-electron chi connectivity index (χ3n) is 4.50. The van der Waals surface area contributed by atoms with Crippen LogP contribution in [0.5, 0.6) is 0 Å². The van der Waals surface area contributed by atoms with Gasteiger partial charge in [-0.15, -0.1) is 22.9 Å². The van der Waals surface area contributed by atoms with Crippen molar-refractivity contribution in [2.24, 2.45) is 0 Å². The van der Waals surface area contributed by atoms with Crippen molar-refractivity contribution in [2.45, 2.75) is 19.7 Å². The van der Waals surface area contributed by atoms with Crippen molar-refractivity contribution < 1.29 is 9.21 Å². The third kappa shape index (κ3) is 3.95. The van der Waals surface area contributed by atoms with Gasteiger partial charge in [0.05, 0.1) is 17.0 Å². The summed E-state index contributed by atoms with van der Waals surface area (Å²) >= 11 is 7.06. The second-order valence-corrected chi connectivity index (χ2v) is 7.87. The van der Waals surface area contributed by atoms with Gasteiger partial charge in [0.15, 0.2) is 10.6 Å². The number of anilines is 1. The van der Waals surface area contributed by atoms with Gasteiger partial charge in [0.25, 0.3) is 5.91 Å². The number of nitrogens with zero attached hydrogens (tertiary/aromatic N) is 1. The molecule has 4 aromatic rings. The van der Waals surface area contributed by atoms with Crippen molar-refractivity contribution in [3.8, 4) is 11.3 Å². The molecule has 0 radical (unpaired) electrons. The second-order valence-electron chi connectivity index (χ2n) is 6.74. The van der Waals surface area contributed by atoms with E-state index in [1.54, 1.807) is 29.6 Å². The predicted octanol–water partition coefficient (Wildman–Crippen LogP) is 5.52. The number of halogens is 1. The van der Waals surface area contributed by atoms with E-state index in [9.17, 15) is 9.59 Å². The van der Waals surface area contributed by atoms with Gasteiger partial charge in [0.1, 0.15) is 11.3 Å². The van der Waals surface area contributed by atoms with Gasteiger partial charge in [-0.25, -0.2) is 4.98 Å². The van der Waals surface area contributed by atoms with Crippen LogP contribution < -0.4 is 10.7 Å². The Morgan fingerprint density at radius 1 is 1.17 bits per heavy atom. The first-order valence-corrected chi connectivity index (χ1v) is 10.3. The number of aryl methyl sites for hydroxylation is 2. The fourth-order valence-corrected chi connectivity index (χ4v) is 4.07. The molecule has 4 rings (SSSR count). The molecule has 1 amide bonds. The number of carbonyl (C=O) groups is 1. The van der Waals surface area contributed by atoms with Crippen LogP contribution in [0.15, 0.2) is 57.1 Å². The lowest BCUT2D eigenvalue weighted by molar-refractivity contribution is 0.102. The van der Waals surface area contributed by atoms with Crippen molar-refractivity contribution in [1.82, 2.24) is 4.98 Å². The molecule has 0 aliphatic carbocycles. The summed E-state index contributed by atoms with van der Waals surface area (Å²) in [7, 11) is 0. The van der Waals surface area contributed by atoms with Crippen LogP contribution in [-0.4, -0.2) is 10.9 Å². The van der Waals surface area contributed by atoms with E-state index in [0.717, 1.165) is 22.4 Å². The first kappa shape index (κ1) is 19.4. The Kier molecular flexibility index (Phi) is 5.22. The summed E-state index contributed by atoms with van der Waals surface area (Å²) in [5.74, 6) is 0.503. The molecule has 2 aromatic carbocycles. The number of rotatable bonds is 4. The van der Waals surface area contributed by atoms with Crippen LogP contribution in [0, 0.1) is 13.8 Å². The lowest BCUT2D eigenvalue weighted by Gasteiger charge is -2.07. The van der Waals surface area contributed by atoms with Crippen LogP contribution in [0.3, 0.4) is 0 Å². The second kappa shape index (κ2) is 7.81. The molecule has 7 heteroatoms. The molecule has 0 aliphatic rings. The first-order chi connectivity index (χ1) is 13.9. The number of amides is 1. The molecule has 0 spiro atoms. The normalized spacial score (nSPS) is 11.0. The molecule has 0 bridgehead atoms. The molecule has 2 aromatic heterocycles. The quantitative estimate of drug-likeness (QED) is 0.437. The fraction of sp³-hybridized carbons (Fsp3) is 0.136. The van der Waals surface area contributed by atoms with Gasteiger partial charge in [-0.1, -0.05) is 18.2 Å². The maximum Gasteiger partial charge on any atom is 0.257 e. The highest BCUT2D eigenvalue weighted by Crippen LogP contribution is 2.26. The molecule has 0 aliphatic heterocycles. The van der Waals surface area contributed by atoms with E-state index in [0.29, 0.717) is 33.3 Å². The highest BCUT2D eigenvalue weighted by molar-refractivity contribution is 7.14. The van der Waals surface area contributed by atoms with Crippen molar-refractivity contribution in [1.29, 1.82) is 0 Å². The van der Waals surface area contributed by atoms with Crippen LogP contribution >= 0.6 is 22.9 Å². The van der Waals surface area contributed by atoms with Gasteiger partial charge in [0.2, 0.25) is 0 Å². The Balaban J connectivity index is 1.62. The number of benzene rings is 2.